The molecule has 0 amide bonds. The van der Waals surface area contributed by atoms with Crippen molar-refractivity contribution in [2.75, 3.05) is 26.3 Å². The van der Waals surface area contributed by atoms with Crippen LogP contribution in [0.3, 0.4) is 0 Å². The van der Waals surface area contributed by atoms with Gasteiger partial charge in [0.15, 0.2) is 0 Å². The van der Waals surface area contributed by atoms with Crippen molar-refractivity contribution < 1.29 is 19.7 Å². The lowest BCUT2D eigenvalue weighted by atomic mass is 10.0. The van der Waals surface area contributed by atoms with E-state index in [1.54, 1.807) is 29.2 Å². The summed E-state index contributed by atoms with van der Waals surface area (Å²) in [6, 6.07) is 7.97. The van der Waals surface area contributed by atoms with Gasteiger partial charge in [0.2, 0.25) is 0 Å². The third kappa shape index (κ3) is 2.87. The SMILES string of the molecule is O=C(O)C(C(O)c1ccccc1)N1CCOCC1. The number of rotatable bonds is 4. The minimum absolute atomic E-state index is 0.505. The molecule has 0 bridgehead atoms. The normalized spacial score (nSPS) is 20.3. The average molecular weight is 251 g/mol. The molecule has 1 fully saturated rings. The zero-order valence-corrected chi connectivity index (χ0v) is 10.0. The second kappa shape index (κ2) is 5.95. The summed E-state index contributed by atoms with van der Waals surface area (Å²) < 4.78 is 5.20. The predicted octanol–water partition coefficient (Wildman–Crippen LogP) is 0.505. The summed E-state index contributed by atoms with van der Waals surface area (Å²) in [6.45, 7) is 2.07. The Kier molecular flexibility index (Phi) is 4.30. The molecule has 1 heterocycles. The summed E-state index contributed by atoms with van der Waals surface area (Å²) in [4.78, 5) is 13.1. The maximum absolute atomic E-state index is 11.4. The van der Waals surface area contributed by atoms with Gasteiger partial charge in [-0.3, -0.25) is 9.69 Å². The number of carboxylic acids is 1. The Morgan fingerprint density at radius 2 is 1.83 bits per heavy atom. The van der Waals surface area contributed by atoms with Gasteiger partial charge in [0, 0.05) is 13.1 Å². The fourth-order valence-corrected chi connectivity index (χ4v) is 2.18. The molecule has 2 atom stereocenters. The van der Waals surface area contributed by atoms with Crippen LogP contribution in [0.4, 0.5) is 0 Å². The monoisotopic (exact) mass is 251 g/mol. The second-order valence-corrected chi connectivity index (χ2v) is 4.29. The number of aliphatic hydroxyl groups is 1. The molecular formula is C13H17NO4. The molecule has 1 aromatic rings. The number of hydrogen-bond donors (Lipinski definition) is 2. The number of nitrogens with zero attached hydrogens (tertiary/aromatic N) is 1. The fraction of sp³-hybridized carbons (Fsp3) is 0.462. The largest absolute Gasteiger partial charge is 0.480 e. The highest BCUT2D eigenvalue weighted by molar-refractivity contribution is 5.74. The van der Waals surface area contributed by atoms with Crippen LogP contribution < -0.4 is 0 Å². The van der Waals surface area contributed by atoms with Crippen molar-refractivity contribution in [1.82, 2.24) is 4.90 Å². The van der Waals surface area contributed by atoms with E-state index in [1.807, 2.05) is 6.07 Å². The van der Waals surface area contributed by atoms with Gasteiger partial charge in [0.25, 0.3) is 0 Å². The van der Waals surface area contributed by atoms with Crippen LogP contribution in [0.2, 0.25) is 0 Å². The number of benzene rings is 1. The Bertz CT molecular complexity index is 389. The van der Waals surface area contributed by atoms with Crippen LogP contribution >= 0.6 is 0 Å². The van der Waals surface area contributed by atoms with Crippen LogP contribution in [-0.4, -0.2) is 53.4 Å². The van der Waals surface area contributed by atoms with Crippen LogP contribution in [0.25, 0.3) is 0 Å². The predicted molar refractivity (Wildman–Crippen MR) is 65.2 cm³/mol. The van der Waals surface area contributed by atoms with Gasteiger partial charge in [-0.15, -0.1) is 0 Å². The van der Waals surface area contributed by atoms with Crippen LogP contribution in [0.15, 0.2) is 30.3 Å². The van der Waals surface area contributed by atoms with E-state index in [2.05, 4.69) is 0 Å². The van der Waals surface area contributed by atoms with Crippen molar-refractivity contribution in [1.29, 1.82) is 0 Å². The zero-order chi connectivity index (χ0) is 13.0. The summed E-state index contributed by atoms with van der Waals surface area (Å²) in [5, 5.41) is 19.6. The smallest absolute Gasteiger partial charge is 0.324 e. The standard InChI is InChI=1S/C13H17NO4/c15-12(10-4-2-1-3-5-10)11(13(16)17)14-6-8-18-9-7-14/h1-5,11-12,15H,6-9H2,(H,16,17). The van der Waals surface area contributed by atoms with E-state index in [4.69, 9.17) is 4.74 Å². The first-order valence-electron chi connectivity index (χ1n) is 5.98. The lowest BCUT2D eigenvalue weighted by molar-refractivity contribution is -0.150. The maximum Gasteiger partial charge on any atom is 0.324 e. The highest BCUT2D eigenvalue weighted by Crippen LogP contribution is 2.22. The molecule has 0 radical (unpaired) electrons. The number of aliphatic hydroxyl groups excluding tert-OH is 1. The number of aliphatic carboxylic acids is 1. The van der Waals surface area contributed by atoms with Crippen molar-refractivity contribution in [3.8, 4) is 0 Å². The molecule has 0 aromatic heterocycles. The molecule has 0 spiro atoms. The van der Waals surface area contributed by atoms with Crippen LogP contribution in [0.1, 0.15) is 11.7 Å². The van der Waals surface area contributed by atoms with Crippen molar-refractivity contribution in [3.63, 3.8) is 0 Å². The molecule has 18 heavy (non-hydrogen) atoms. The summed E-state index contributed by atoms with van der Waals surface area (Å²) in [7, 11) is 0. The van der Waals surface area contributed by atoms with E-state index in [0.717, 1.165) is 0 Å². The minimum Gasteiger partial charge on any atom is -0.480 e. The average Bonchev–Trinajstić information content (AvgIpc) is 2.40. The highest BCUT2D eigenvalue weighted by Gasteiger charge is 2.34. The van der Waals surface area contributed by atoms with Gasteiger partial charge < -0.3 is 14.9 Å². The molecule has 5 heteroatoms. The van der Waals surface area contributed by atoms with E-state index >= 15 is 0 Å². The molecule has 1 aliphatic heterocycles. The number of hydrogen-bond acceptors (Lipinski definition) is 4. The Balaban J connectivity index is 2.16. The number of morpholine rings is 1. The summed E-state index contributed by atoms with van der Waals surface area (Å²) in [6.07, 6.45) is -1.03. The van der Waals surface area contributed by atoms with Crippen molar-refractivity contribution in [2.24, 2.45) is 0 Å². The van der Waals surface area contributed by atoms with Gasteiger partial charge in [-0.1, -0.05) is 30.3 Å². The topological polar surface area (TPSA) is 70.0 Å². The third-order valence-electron chi connectivity index (χ3n) is 3.13. The molecule has 1 saturated heterocycles. The molecular weight excluding hydrogens is 234 g/mol. The Labute approximate surface area is 106 Å². The summed E-state index contributed by atoms with van der Waals surface area (Å²) in [5.74, 6) is -1.01. The second-order valence-electron chi connectivity index (χ2n) is 4.29. The highest BCUT2D eigenvalue weighted by atomic mass is 16.5. The van der Waals surface area contributed by atoms with E-state index in [0.29, 0.717) is 31.9 Å². The van der Waals surface area contributed by atoms with Gasteiger partial charge in [0.05, 0.1) is 13.2 Å². The van der Waals surface area contributed by atoms with Crippen molar-refractivity contribution >= 4 is 5.97 Å². The molecule has 0 aliphatic carbocycles. The zero-order valence-electron chi connectivity index (χ0n) is 10.0. The van der Waals surface area contributed by atoms with Gasteiger partial charge in [-0.05, 0) is 5.56 Å². The first-order chi connectivity index (χ1) is 8.70. The molecule has 98 valence electrons. The van der Waals surface area contributed by atoms with Crippen molar-refractivity contribution in [3.05, 3.63) is 35.9 Å². The fourth-order valence-electron chi connectivity index (χ4n) is 2.18. The van der Waals surface area contributed by atoms with Crippen LogP contribution in [0, 0.1) is 0 Å². The molecule has 2 rings (SSSR count). The van der Waals surface area contributed by atoms with Crippen LogP contribution in [0.5, 0.6) is 0 Å². The first kappa shape index (κ1) is 13.0. The number of carbonyl (C=O) groups is 1. The number of ether oxygens (including phenoxy) is 1. The number of carboxylic acid groups (broad SMARTS) is 1. The van der Waals surface area contributed by atoms with Gasteiger partial charge in [-0.25, -0.2) is 0 Å². The minimum atomic E-state index is -1.03. The molecule has 1 aromatic carbocycles. The molecule has 0 saturated carbocycles. The van der Waals surface area contributed by atoms with Gasteiger partial charge in [-0.2, -0.15) is 0 Å². The van der Waals surface area contributed by atoms with E-state index in [-0.39, 0.29) is 0 Å². The summed E-state index contributed by atoms with van der Waals surface area (Å²) >= 11 is 0. The maximum atomic E-state index is 11.4. The first-order valence-corrected chi connectivity index (χ1v) is 5.98. The molecule has 2 unspecified atom stereocenters. The van der Waals surface area contributed by atoms with Crippen molar-refractivity contribution in [2.45, 2.75) is 12.1 Å². The Morgan fingerprint density at radius 3 is 2.39 bits per heavy atom. The lowest BCUT2D eigenvalue weighted by Gasteiger charge is -2.34. The van der Waals surface area contributed by atoms with Gasteiger partial charge >= 0.3 is 5.97 Å². The molecule has 5 nitrogen and oxygen atoms in total. The Morgan fingerprint density at radius 1 is 1.22 bits per heavy atom. The quantitative estimate of drug-likeness (QED) is 0.815. The van der Waals surface area contributed by atoms with E-state index in [9.17, 15) is 15.0 Å². The molecule has 1 aliphatic rings. The molecule has 2 N–H and O–H groups in total. The summed E-state index contributed by atoms with van der Waals surface area (Å²) in [5.41, 5.74) is 0.622. The van der Waals surface area contributed by atoms with Crippen LogP contribution in [-0.2, 0) is 9.53 Å². The Hall–Kier alpha value is -1.43. The lowest BCUT2D eigenvalue weighted by Crippen LogP contribution is -2.50. The van der Waals surface area contributed by atoms with Gasteiger partial charge in [0.1, 0.15) is 12.1 Å². The van der Waals surface area contributed by atoms with E-state index in [1.165, 1.54) is 0 Å². The third-order valence-corrected chi connectivity index (χ3v) is 3.13. The van der Waals surface area contributed by atoms with E-state index < -0.39 is 18.1 Å².